The van der Waals surface area contributed by atoms with Gasteiger partial charge in [-0.2, -0.15) is 0 Å². The minimum Gasteiger partial charge on any atom is -0.496 e. The van der Waals surface area contributed by atoms with Gasteiger partial charge in [0, 0.05) is 37.4 Å². The number of allylic oxidation sites excluding steroid dienone is 2. The Morgan fingerprint density at radius 3 is 2.52 bits per heavy atom. The topological polar surface area (TPSA) is 29.5 Å². The van der Waals surface area contributed by atoms with Crippen LogP contribution in [0.5, 0.6) is 0 Å². The number of nitrogens with zero attached hydrogens (tertiary/aromatic N) is 1. The molecule has 33 heavy (non-hydrogen) atoms. The second-order valence-corrected chi connectivity index (χ2v) is 8.91. The minimum atomic E-state index is -2.87. The molecule has 1 fully saturated rings. The lowest BCUT2D eigenvalue weighted by Gasteiger charge is -2.33. The Labute approximate surface area is 199 Å². The van der Waals surface area contributed by atoms with Crippen LogP contribution in [0.3, 0.4) is 0 Å². The number of halogens is 2. The molecule has 0 saturated carbocycles. The first-order chi connectivity index (χ1) is 15.7. The van der Waals surface area contributed by atoms with Gasteiger partial charge in [0.25, 0.3) is 5.92 Å². The van der Waals surface area contributed by atoms with Crippen molar-refractivity contribution in [3.05, 3.63) is 60.4 Å². The van der Waals surface area contributed by atoms with E-state index in [1.165, 1.54) is 37.5 Å². The number of amides is 1. The maximum atomic E-state index is 14.1. The van der Waals surface area contributed by atoms with Gasteiger partial charge in [0.05, 0.1) is 11.9 Å². The molecule has 1 aliphatic heterocycles. The first-order valence-electron chi connectivity index (χ1n) is 12.4. The van der Waals surface area contributed by atoms with Crippen molar-refractivity contribution in [1.29, 1.82) is 0 Å². The highest BCUT2D eigenvalue weighted by molar-refractivity contribution is 5.77. The lowest BCUT2D eigenvalue weighted by atomic mass is 9.99. The number of likely N-dealkylation sites (tertiary alicyclic amines) is 1. The third-order valence-electron chi connectivity index (χ3n) is 5.47. The SMILES string of the molecule is C=C(CCCCC)OC(C)C.CCCN1C(=O)CCCC1/C=C/CC(F)(F)c1ccccc1. The van der Waals surface area contributed by atoms with Crippen molar-refractivity contribution in [2.24, 2.45) is 0 Å². The molecule has 0 radical (unpaired) electrons. The van der Waals surface area contributed by atoms with Crippen LogP contribution in [0.2, 0.25) is 0 Å². The molecule has 0 spiro atoms. The fraction of sp³-hybridized carbons (Fsp3) is 0.607. The van der Waals surface area contributed by atoms with Gasteiger partial charge in [0.1, 0.15) is 0 Å². The van der Waals surface area contributed by atoms with Crippen LogP contribution in [-0.2, 0) is 15.5 Å². The largest absolute Gasteiger partial charge is 0.496 e. The summed E-state index contributed by atoms with van der Waals surface area (Å²) >= 11 is 0. The maximum Gasteiger partial charge on any atom is 0.276 e. The summed E-state index contributed by atoms with van der Waals surface area (Å²) in [4.78, 5) is 13.7. The van der Waals surface area contributed by atoms with Crippen molar-refractivity contribution < 1.29 is 18.3 Å². The Morgan fingerprint density at radius 2 is 1.91 bits per heavy atom. The van der Waals surface area contributed by atoms with E-state index in [0.717, 1.165) is 31.4 Å². The van der Waals surface area contributed by atoms with Crippen LogP contribution in [-0.4, -0.2) is 29.5 Å². The summed E-state index contributed by atoms with van der Waals surface area (Å²) in [6.07, 6.45) is 11.2. The van der Waals surface area contributed by atoms with E-state index in [2.05, 4.69) is 13.5 Å². The molecule has 1 unspecified atom stereocenters. The minimum absolute atomic E-state index is 0.0322. The van der Waals surface area contributed by atoms with E-state index >= 15 is 0 Å². The molecule has 1 aliphatic rings. The number of hydrogen-bond acceptors (Lipinski definition) is 2. The van der Waals surface area contributed by atoms with Crippen LogP contribution in [0, 0.1) is 0 Å². The fourth-order valence-corrected chi connectivity index (χ4v) is 3.82. The third kappa shape index (κ3) is 11.5. The van der Waals surface area contributed by atoms with E-state index < -0.39 is 5.92 Å². The quantitative estimate of drug-likeness (QED) is 0.178. The zero-order valence-electron chi connectivity index (χ0n) is 21.0. The number of hydrogen-bond donors (Lipinski definition) is 0. The van der Waals surface area contributed by atoms with Crippen molar-refractivity contribution in [3.8, 4) is 0 Å². The molecule has 1 aromatic carbocycles. The molecule has 5 heteroatoms. The summed E-state index contributed by atoms with van der Waals surface area (Å²) in [6.45, 7) is 12.8. The van der Waals surface area contributed by atoms with Gasteiger partial charge < -0.3 is 9.64 Å². The molecule has 186 valence electrons. The van der Waals surface area contributed by atoms with E-state index in [-0.39, 0.29) is 30.0 Å². The number of benzene rings is 1. The van der Waals surface area contributed by atoms with Crippen molar-refractivity contribution in [2.45, 2.75) is 104 Å². The molecule has 1 amide bonds. The monoisotopic (exact) mass is 463 g/mol. The van der Waals surface area contributed by atoms with Gasteiger partial charge in [-0.1, -0.05) is 75.8 Å². The second kappa shape index (κ2) is 15.6. The average Bonchev–Trinajstić information content (AvgIpc) is 2.77. The normalized spacial score (nSPS) is 16.6. The van der Waals surface area contributed by atoms with Gasteiger partial charge in [-0.3, -0.25) is 4.79 Å². The molecule has 0 aromatic heterocycles. The van der Waals surface area contributed by atoms with Crippen molar-refractivity contribution >= 4 is 5.91 Å². The van der Waals surface area contributed by atoms with E-state index in [1.54, 1.807) is 24.3 Å². The molecular weight excluding hydrogens is 420 g/mol. The predicted molar refractivity (Wildman–Crippen MR) is 133 cm³/mol. The number of ether oxygens (including phenoxy) is 1. The highest BCUT2D eigenvalue weighted by Gasteiger charge is 2.30. The number of alkyl halides is 2. The lowest BCUT2D eigenvalue weighted by molar-refractivity contribution is -0.135. The molecule has 1 heterocycles. The summed E-state index contributed by atoms with van der Waals surface area (Å²) in [6, 6.07) is 7.83. The number of piperidine rings is 1. The predicted octanol–water partition coefficient (Wildman–Crippen LogP) is 8.02. The van der Waals surface area contributed by atoms with E-state index in [4.69, 9.17) is 4.74 Å². The van der Waals surface area contributed by atoms with Crippen molar-refractivity contribution in [2.75, 3.05) is 6.54 Å². The molecular formula is C28H43F2NO2. The Hall–Kier alpha value is -2.17. The molecule has 3 nitrogen and oxygen atoms in total. The Morgan fingerprint density at radius 1 is 1.21 bits per heavy atom. The summed E-state index contributed by atoms with van der Waals surface area (Å²) in [5.41, 5.74) is 0.0322. The number of carbonyl (C=O) groups excluding carboxylic acids is 1. The van der Waals surface area contributed by atoms with Gasteiger partial charge in [-0.05, 0) is 39.5 Å². The fourth-order valence-electron chi connectivity index (χ4n) is 3.82. The van der Waals surface area contributed by atoms with Gasteiger partial charge in [0.15, 0.2) is 0 Å². The number of rotatable bonds is 12. The lowest BCUT2D eigenvalue weighted by Crippen LogP contribution is -2.42. The average molecular weight is 464 g/mol. The third-order valence-corrected chi connectivity index (χ3v) is 5.47. The first-order valence-corrected chi connectivity index (χ1v) is 12.4. The van der Waals surface area contributed by atoms with Crippen LogP contribution >= 0.6 is 0 Å². The van der Waals surface area contributed by atoms with Crippen LogP contribution in [0.4, 0.5) is 8.78 Å². The summed E-state index contributed by atoms with van der Waals surface area (Å²) in [5, 5.41) is 0. The smallest absolute Gasteiger partial charge is 0.276 e. The molecule has 1 atom stereocenters. The van der Waals surface area contributed by atoms with Gasteiger partial charge in [0.2, 0.25) is 5.91 Å². The van der Waals surface area contributed by atoms with Gasteiger partial charge in [-0.15, -0.1) is 0 Å². The van der Waals surface area contributed by atoms with Crippen LogP contribution in [0.15, 0.2) is 54.8 Å². The van der Waals surface area contributed by atoms with Crippen molar-refractivity contribution in [1.82, 2.24) is 4.90 Å². The van der Waals surface area contributed by atoms with Gasteiger partial charge in [-0.25, -0.2) is 8.78 Å². The zero-order valence-corrected chi connectivity index (χ0v) is 21.0. The molecule has 0 aliphatic carbocycles. The van der Waals surface area contributed by atoms with Crippen LogP contribution in [0.1, 0.15) is 91.0 Å². The summed E-state index contributed by atoms with van der Waals surface area (Å²) < 4.78 is 33.6. The molecule has 2 rings (SSSR count). The summed E-state index contributed by atoms with van der Waals surface area (Å²) in [5.74, 6) is -1.79. The molecule has 1 saturated heterocycles. The highest BCUT2D eigenvalue weighted by Crippen LogP contribution is 2.32. The summed E-state index contributed by atoms with van der Waals surface area (Å²) in [7, 11) is 0. The van der Waals surface area contributed by atoms with Crippen LogP contribution in [0.25, 0.3) is 0 Å². The Bertz CT molecular complexity index is 716. The number of carbonyl (C=O) groups is 1. The van der Waals surface area contributed by atoms with Crippen molar-refractivity contribution in [3.63, 3.8) is 0 Å². The number of unbranched alkanes of at least 4 members (excludes halogenated alkanes) is 2. The Kier molecular flexibility index (Phi) is 13.7. The van der Waals surface area contributed by atoms with Gasteiger partial charge >= 0.3 is 0 Å². The maximum absolute atomic E-state index is 14.1. The van der Waals surface area contributed by atoms with E-state index in [1.807, 2.05) is 25.7 Å². The first kappa shape index (κ1) is 28.9. The van der Waals surface area contributed by atoms with Crippen LogP contribution < -0.4 is 0 Å². The molecule has 0 N–H and O–H groups in total. The van der Waals surface area contributed by atoms with E-state index in [0.29, 0.717) is 13.0 Å². The zero-order chi connectivity index (χ0) is 24.7. The van der Waals surface area contributed by atoms with E-state index in [9.17, 15) is 13.6 Å². The standard InChI is InChI=1S/C18H23F2NO.C10H20O/c1-2-14-21-16(10-6-12-17(21)22)11-7-13-18(19,20)15-8-4-3-5-9-15;1-5-6-7-8-10(4)11-9(2)3/h3-5,7-9,11,16H,2,6,10,12-14H2,1H3;9H,4-8H2,1-3H3/b11-7+;. The molecule has 1 aromatic rings. The second-order valence-electron chi connectivity index (χ2n) is 8.91. The highest BCUT2D eigenvalue weighted by atomic mass is 19.3. The Balaban J connectivity index is 0.000000420. The molecule has 0 bridgehead atoms.